The first-order chi connectivity index (χ1) is 13.6. The third-order valence-electron chi connectivity index (χ3n) is 4.69. The summed E-state index contributed by atoms with van der Waals surface area (Å²) in [5, 5.41) is 1.10. The second-order valence-corrected chi connectivity index (χ2v) is 10.6. The molecule has 0 bridgehead atoms. The van der Waals surface area contributed by atoms with E-state index in [4.69, 9.17) is 4.74 Å². The van der Waals surface area contributed by atoms with Gasteiger partial charge in [-0.15, -0.1) is 0 Å². The average Bonchev–Trinajstić information content (AvgIpc) is 2.60. The van der Waals surface area contributed by atoms with Gasteiger partial charge in [0.1, 0.15) is 5.75 Å². The van der Waals surface area contributed by atoms with Crippen LogP contribution in [0.4, 0.5) is 0 Å². The molecule has 162 valence electrons. The molecule has 0 unspecified atom stereocenters. The molecule has 0 heterocycles. The normalized spacial score (nSPS) is 12.4. The van der Waals surface area contributed by atoms with Gasteiger partial charge in [0.2, 0.25) is 0 Å². The fourth-order valence-electron chi connectivity index (χ4n) is 3.43. The van der Waals surface area contributed by atoms with Gasteiger partial charge in [-0.2, -0.15) is 0 Å². The lowest BCUT2D eigenvalue weighted by Crippen LogP contribution is -2.03. The van der Waals surface area contributed by atoms with E-state index in [0.717, 1.165) is 19.3 Å². The van der Waals surface area contributed by atoms with Gasteiger partial charge in [-0.05, 0) is 28.8 Å². The minimum Gasteiger partial charge on any atom is -0.493 e. The fourth-order valence-corrected chi connectivity index (χ4v) is 4.87. The number of ether oxygens (including phenoxy) is 1. The van der Waals surface area contributed by atoms with E-state index >= 15 is 0 Å². The Morgan fingerprint density at radius 2 is 1.48 bits per heavy atom. The van der Waals surface area contributed by atoms with Gasteiger partial charge < -0.3 is 24.3 Å². The minimum absolute atomic E-state index is 0.297. The molecule has 0 aliphatic heterocycles. The molecule has 7 nitrogen and oxygen atoms in total. The van der Waals surface area contributed by atoms with Crippen molar-refractivity contribution in [1.29, 1.82) is 0 Å². The van der Waals surface area contributed by atoms with E-state index in [1.54, 1.807) is 30.3 Å². The summed E-state index contributed by atoms with van der Waals surface area (Å²) >= 11 is 0. The van der Waals surface area contributed by atoms with Gasteiger partial charge >= 0.3 is 15.2 Å². The largest absolute Gasteiger partial charge is 0.493 e. The maximum atomic E-state index is 11.8. The Kier molecular flexibility index (Phi) is 8.90. The number of rotatable bonds is 12. The number of fused-ring (bicyclic) bond motifs is 1. The van der Waals surface area contributed by atoms with Gasteiger partial charge in [0.15, 0.2) is 0 Å². The fraction of sp³-hybridized carbons (Fsp3) is 0.500. The maximum absolute atomic E-state index is 11.8. The molecule has 0 radical (unpaired) electrons. The molecule has 0 aliphatic rings. The van der Waals surface area contributed by atoms with Crippen molar-refractivity contribution in [1.82, 2.24) is 0 Å². The van der Waals surface area contributed by atoms with E-state index in [1.807, 2.05) is 0 Å². The van der Waals surface area contributed by atoms with Crippen molar-refractivity contribution in [2.45, 2.75) is 57.8 Å². The van der Waals surface area contributed by atoms with Crippen LogP contribution in [0.25, 0.3) is 10.8 Å². The van der Waals surface area contributed by atoms with Crippen molar-refractivity contribution in [3.63, 3.8) is 0 Å². The molecule has 0 spiro atoms. The lowest BCUT2D eigenvalue weighted by atomic mass is 10.00. The third kappa shape index (κ3) is 8.21. The molecule has 2 aromatic carbocycles. The standard InChI is InChI=1S/C20H30O7P2/c1-2-3-4-5-6-7-13-27-19-12-11-16-9-8-10-17(14-28(21,22)23)20(16)18(19)15-29(24,25)26/h8-12H,2-7,13-15H2,1H3,(H2,21,22,23)(H2,24,25,26). The van der Waals surface area contributed by atoms with Crippen molar-refractivity contribution in [2.24, 2.45) is 0 Å². The highest BCUT2D eigenvalue weighted by atomic mass is 31.2. The van der Waals surface area contributed by atoms with E-state index in [9.17, 15) is 28.7 Å². The minimum atomic E-state index is -4.42. The van der Waals surface area contributed by atoms with Crippen LogP contribution in [0.5, 0.6) is 5.75 Å². The summed E-state index contributed by atoms with van der Waals surface area (Å²) in [6, 6.07) is 8.41. The molecule has 2 rings (SSSR count). The van der Waals surface area contributed by atoms with Gasteiger partial charge in [-0.3, -0.25) is 9.13 Å². The molecular weight excluding hydrogens is 414 g/mol. The molecular formula is C20H30O7P2. The Hall–Kier alpha value is -1.20. The molecule has 0 saturated heterocycles. The number of benzene rings is 2. The van der Waals surface area contributed by atoms with Crippen LogP contribution in [0.3, 0.4) is 0 Å². The first-order valence-electron chi connectivity index (χ1n) is 9.86. The Balaban J connectivity index is 2.31. The molecule has 0 fully saturated rings. The van der Waals surface area contributed by atoms with Crippen molar-refractivity contribution in [3.05, 3.63) is 41.5 Å². The summed E-state index contributed by atoms with van der Waals surface area (Å²) in [5.74, 6) is 0.354. The molecule has 29 heavy (non-hydrogen) atoms. The zero-order valence-electron chi connectivity index (χ0n) is 16.7. The Morgan fingerprint density at radius 1 is 0.828 bits per heavy atom. The predicted molar refractivity (Wildman–Crippen MR) is 114 cm³/mol. The average molecular weight is 444 g/mol. The van der Waals surface area contributed by atoms with Crippen molar-refractivity contribution in [3.8, 4) is 5.75 Å². The van der Waals surface area contributed by atoms with Crippen molar-refractivity contribution in [2.75, 3.05) is 6.61 Å². The SMILES string of the molecule is CCCCCCCCOc1ccc2cccc(CP(=O)(O)O)c2c1CP(=O)(O)O. The lowest BCUT2D eigenvalue weighted by Gasteiger charge is -2.18. The van der Waals surface area contributed by atoms with Gasteiger partial charge in [-0.1, -0.05) is 63.3 Å². The third-order valence-corrected chi connectivity index (χ3v) is 6.17. The smallest absolute Gasteiger partial charge is 0.330 e. The summed E-state index contributed by atoms with van der Waals surface area (Å²) in [5.41, 5.74) is 0.648. The molecule has 0 aromatic heterocycles. The summed E-state index contributed by atoms with van der Waals surface area (Å²) in [4.78, 5) is 38.0. The second-order valence-electron chi connectivity index (χ2n) is 7.32. The number of unbranched alkanes of at least 4 members (excludes halogenated alkanes) is 5. The molecule has 0 aliphatic carbocycles. The van der Waals surface area contributed by atoms with E-state index in [1.165, 1.54) is 19.3 Å². The zero-order valence-corrected chi connectivity index (χ0v) is 18.4. The topological polar surface area (TPSA) is 124 Å². The maximum Gasteiger partial charge on any atom is 0.330 e. The molecule has 0 saturated carbocycles. The monoisotopic (exact) mass is 444 g/mol. The Morgan fingerprint density at radius 3 is 2.14 bits per heavy atom. The molecule has 2 aromatic rings. The van der Waals surface area contributed by atoms with Crippen LogP contribution < -0.4 is 4.74 Å². The zero-order chi connectivity index (χ0) is 21.5. The highest BCUT2D eigenvalue weighted by Crippen LogP contribution is 2.47. The van der Waals surface area contributed by atoms with Gasteiger partial charge in [0.05, 0.1) is 18.9 Å². The van der Waals surface area contributed by atoms with Crippen LogP contribution in [-0.2, 0) is 21.5 Å². The first-order valence-corrected chi connectivity index (χ1v) is 13.5. The Bertz CT molecular complexity index is 901. The van der Waals surface area contributed by atoms with Crippen LogP contribution in [0.15, 0.2) is 30.3 Å². The van der Waals surface area contributed by atoms with Gasteiger partial charge in [0.25, 0.3) is 0 Å². The highest BCUT2D eigenvalue weighted by molar-refractivity contribution is 7.51. The van der Waals surface area contributed by atoms with Gasteiger partial charge in [0, 0.05) is 5.56 Å². The predicted octanol–water partition coefficient (Wildman–Crippen LogP) is 4.93. The molecule has 0 amide bonds. The van der Waals surface area contributed by atoms with Crippen molar-refractivity contribution >= 4 is 26.0 Å². The Labute approximate surface area is 171 Å². The van der Waals surface area contributed by atoms with Crippen LogP contribution in [0.1, 0.15) is 56.6 Å². The van der Waals surface area contributed by atoms with Crippen LogP contribution in [-0.4, -0.2) is 26.2 Å². The quantitative estimate of drug-likeness (QED) is 0.270. The number of hydrogen-bond acceptors (Lipinski definition) is 3. The van der Waals surface area contributed by atoms with E-state index < -0.39 is 27.5 Å². The molecule has 0 atom stereocenters. The van der Waals surface area contributed by atoms with Crippen molar-refractivity contribution < 1.29 is 33.4 Å². The van der Waals surface area contributed by atoms with Crippen LogP contribution in [0, 0.1) is 0 Å². The summed E-state index contributed by atoms with van der Waals surface area (Å²) < 4.78 is 29.2. The van der Waals surface area contributed by atoms with Crippen LogP contribution in [0.2, 0.25) is 0 Å². The first kappa shape index (κ1) is 24.1. The number of hydrogen-bond donors (Lipinski definition) is 4. The summed E-state index contributed by atoms with van der Waals surface area (Å²) in [7, 11) is -8.77. The molecule has 4 N–H and O–H groups in total. The second kappa shape index (κ2) is 10.7. The highest BCUT2D eigenvalue weighted by Gasteiger charge is 2.24. The van der Waals surface area contributed by atoms with E-state index in [-0.39, 0.29) is 0 Å². The van der Waals surface area contributed by atoms with E-state index in [2.05, 4.69) is 6.92 Å². The summed E-state index contributed by atoms with van der Waals surface area (Å²) in [6.07, 6.45) is 5.49. The lowest BCUT2D eigenvalue weighted by molar-refractivity contribution is 0.301. The summed E-state index contributed by atoms with van der Waals surface area (Å²) in [6.45, 7) is 2.58. The van der Waals surface area contributed by atoms with Crippen LogP contribution >= 0.6 is 15.2 Å². The molecule has 9 heteroatoms. The van der Waals surface area contributed by atoms with E-state index in [0.29, 0.717) is 34.3 Å². The van der Waals surface area contributed by atoms with Gasteiger partial charge in [-0.25, -0.2) is 0 Å².